The second-order valence-corrected chi connectivity index (χ2v) is 2.29. The molecule has 0 aromatic carbocycles. The monoisotopic (exact) mass is 417 g/mol. The van der Waals surface area contributed by atoms with E-state index in [2.05, 4.69) is 0 Å². The van der Waals surface area contributed by atoms with E-state index in [-0.39, 0.29) is 31.1 Å². The van der Waals surface area contributed by atoms with Gasteiger partial charge in [0.1, 0.15) is 12.2 Å². The second-order valence-electron chi connectivity index (χ2n) is 2.29. The molecule has 0 spiro atoms. The van der Waals surface area contributed by atoms with Gasteiger partial charge in [-0.05, 0) is 6.10 Å². The Morgan fingerprint density at radius 1 is 1.08 bits per heavy atom. The molecule has 0 aliphatic carbocycles. The van der Waals surface area contributed by atoms with Crippen molar-refractivity contribution < 1.29 is 61.4 Å². The Morgan fingerprint density at radius 3 is 1.85 bits per heavy atom. The zero-order chi connectivity index (χ0) is 9.72. The zero-order valence-corrected chi connectivity index (χ0v) is 10.8. The van der Waals surface area contributed by atoms with Gasteiger partial charge in [0, 0.05) is 31.1 Å². The predicted octanol–water partition coefficient (Wildman–Crippen LogP) is -3.47. The van der Waals surface area contributed by atoms with E-state index in [9.17, 15) is 4.79 Å². The van der Waals surface area contributed by atoms with Crippen LogP contribution in [0.3, 0.4) is 0 Å². The van der Waals surface area contributed by atoms with Gasteiger partial charge in [0.2, 0.25) is 0 Å². The average Bonchev–Trinajstić information content (AvgIpc) is 2.12. The maximum absolute atomic E-state index is 9.77. The van der Waals surface area contributed by atoms with Crippen molar-refractivity contribution in [2.75, 3.05) is 6.61 Å². The molecule has 0 amide bonds. The Hall–Kier alpha value is 0.522. The first kappa shape index (κ1) is 16.0. The number of carbonyl (C=O) groups excluding carboxylic acids is 1. The molecule has 4 atom stereocenters. The molecule has 6 nitrogen and oxygen atoms in total. The fourth-order valence-electron chi connectivity index (χ4n) is 0.592. The van der Waals surface area contributed by atoms with Crippen molar-refractivity contribution in [1.82, 2.24) is 0 Å². The van der Waals surface area contributed by atoms with Crippen molar-refractivity contribution in [1.29, 1.82) is 0 Å². The molecule has 0 fully saturated rings. The van der Waals surface area contributed by atoms with E-state index in [0.29, 0.717) is 0 Å². The third-order valence-corrected chi connectivity index (χ3v) is 1.38. The molecule has 0 aromatic heterocycles. The van der Waals surface area contributed by atoms with Crippen molar-refractivity contribution >= 4 is 6.29 Å². The van der Waals surface area contributed by atoms with Crippen LogP contribution in [-0.4, -0.2) is 62.8 Å². The maximum Gasteiger partial charge on any atom is 0.108 e. The van der Waals surface area contributed by atoms with Gasteiger partial charge >= 0.3 is 0 Å². The summed E-state index contributed by atoms with van der Waals surface area (Å²) in [6.07, 6.45) is -6.07. The van der Waals surface area contributed by atoms with Crippen LogP contribution < -0.4 is 0 Å². The van der Waals surface area contributed by atoms with Crippen molar-refractivity contribution in [3.8, 4) is 0 Å². The maximum atomic E-state index is 9.77. The minimum atomic E-state index is -1.89. The molecular weight excluding hydrogens is 406 g/mol. The smallest absolute Gasteiger partial charge is 0.108 e. The topological polar surface area (TPSA) is 118 Å². The zero-order valence-electron chi connectivity index (χ0n) is 6.66. The van der Waals surface area contributed by atoms with E-state index in [4.69, 9.17) is 25.5 Å². The quantitative estimate of drug-likeness (QED) is 0.297. The number of rotatable bonds is 5. The van der Waals surface area contributed by atoms with E-state index >= 15 is 0 Å². The average molecular weight is 417 g/mol. The van der Waals surface area contributed by atoms with Crippen molar-refractivity contribution in [3.05, 3.63) is 0 Å². The Morgan fingerprint density at radius 2 is 1.54 bits per heavy atom. The summed E-state index contributed by atoms with van der Waals surface area (Å²) in [5.74, 6) is 0. The summed E-state index contributed by atoms with van der Waals surface area (Å²) in [5, 5.41) is 43.4. The third kappa shape index (κ3) is 5.08. The summed E-state index contributed by atoms with van der Waals surface area (Å²) in [7, 11) is 0. The van der Waals surface area contributed by atoms with Gasteiger partial charge in [-0.3, -0.25) is 0 Å². The van der Waals surface area contributed by atoms with E-state index in [1.165, 1.54) is 0 Å². The molecule has 13 heavy (non-hydrogen) atoms. The van der Waals surface area contributed by atoms with Gasteiger partial charge in [0.15, 0.2) is 0 Å². The van der Waals surface area contributed by atoms with Crippen LogP contribution in [0.1, 0.15) is 0 Å². The van der Waals surface area contributed by atoms with Gasteiger partial charge < -0.3 is 30.3 Å². The van der Waals surface area contributed by atoms with Crippen LogP contribution >= 0.6 is 0 Å². The molecule has 0 saturated carbocycles. The molecule has 0 bridgehead atoms. The molecule has 76 valence electrons. The summed E-state index contributed by atoms with van der Waals surface area (Å²) in [6.45, 7) is -0.774. The van der Waals surface area contributed by atoms with Gasteiger partial charge in [-0.2, -0.15) is 0 Å². The SMILES string of the molecule is O=[C-][C@H](O)[C@@H](O)[C@H](O)[C@H](O)CO.[U]. The van der Waals surface area contributed by atoms with E-state index in [0.717, 1.165) is 6.29 Å². The summed E-state index contributed by atoms with van der Waals surface area (Å²) in [4.78, 5) is 9.77. The van der Waals surface area contributed by atoms with Crippen LogP contribution in [0, 0.1) is 31.1 Å². The fraction of sp³-hybridized carbons (Fsp3) is 0.833. The second kappa shape index (κ2) is 7.88. The Bertz CT molecular complexity index is 143. The number of aliphatic hydroxyl groups excluding tert-OH is 5. The van der Waals surface area contributed by atoms with Crippen LogP contribution in [0.15, 0.2) is 0 Å². The van der Waals surface area contributed by atoms with Gasteiger partial charge in [0.05, 0.1) is 12.7 Å². The van der Waals surface area contributed by atoms with Crippen LogP contribution in [0.4, 0.5) is 0 Å². The molecule has 0 aromatic rings. The minimum Gasteiger partial charge on any atom is -0.539 e. The molecule has 0 rings (SSSR count). The van der Waals surface area contributed by atoms with Crippen molar-refractivity contribution in [3.63, 3.8) is 0 Å². The molecule has 0 aliphatic rings. The molecule has 7 heteroatoms. The van der Waals surface area contributed by atoms with Crippen LogP contribution in [0.25, 0.3) is 0 Å². The summed E-state index contributed by atoms with van der Waals surface area (Å²) < 4.78 is 0. The fourth-order valence-corrected chi connectivity index (χ4v) is 0.592. The molecule has 0 aliphatic heterocycles. The predicted molar refractivity (Wildman–Crippen MR) is 36.8 cm³/mol. The normalized spacial score (nSPS) is 19.5. The largest absolute Gasteiger partial charge is 0.539 e. The van der Waals surface area contributed by atoms with E-state index in [1.54, 1.807) is 0 Å². The van der Waals surface area contributed by atoms with Crippen LogP contribution in [-0.2, 0) is 4.79 Å². The molecule has 0 radical (unpaired) electrons. The van der Waals surface area contributed by atoms with Crippen molar-refractivity contribution in [2.24, 2.45) is 0 Å². The number of aliphatic hydroxyl groups is 5. The molecule has 0 heterocycles. The first-order valence-electron chi connectivity index (χ1n) is 3.25. The molecule has 5 N–H and O–H groups in total. The van der Waals surface area contributed by atoms with Gasteiger partial charge in [-0.15, -0.1) is 0 Å². The Labute approximate surface area is 98.6 Å². The van der Waals surface area contributed by atoms with E-state index < -0.39 is 31.0 Å². The first-order valence-corrected chi connectivity index (χ1v) is 3.25. The Balaban J connectivity index is 0. The molecular formula is C6H11O6U-. The minimum absolute atomic E-state index is 0. The number of hydrogen-bond donors (Lipinski definition) is 5. The first-order chi connectivity index (χ1) is 5.54. The third-order valence-electron chi connectivity index (χ3n) is 1.38. The molecule has 0 unspecified atom stereocenters. The summed E-state index contributed by atoms with van der Waals surface area (Å²) in [6, 6.07) is 0. The van der Waals surface area contributed by atoms with Crippen LogP contribution in [0.5, 0.6) is 0 Å². The van der Waals surface area contributed by atoms with E-state index in [1.807, 2.05) is 0 Å². The standard InChI is InChI=1S/C6H11O6.U/c7-1-3(9)5(11)6(12)4(10)2-8;/h3-7,9-12H,1H2;/q-1;/t3-,4+,5-,6-;/m1./s1. The molecule has 0 saturated heterocycles. The Kier molecular flexibility index (Phi) is 9.68. The van der Waals surface area contributed by atoms with Crippen molar-refractivity contribution in [2.45, 2.75) is 24.4 Å². The van der Waals surface area contributed by atoms with Gasteiger partial charge in [-0.25, -0.2) is 6.29 Å². The van der Waals surface area contributed by atoms with Crippen LogP contribution in [0.2, 0.25) is 0 Å². The van der Waals surface area contributed by atoms with Gasteiger partial charge in [0.25, 0.3) is 0 Å². The number of hydrogen-bond acceptors (Lipinski definition) is 6. The summed E-state index contributed by atoms with van der Waals surface area (Å²) in [5.41, 5.74) is 0. The summed E-state index contributed by atoms with van der Waals surface area (Å²) >= 11 is 0. The van der Waals surface area contributed by atoms with Gasteiger partial charge in [-0.1, -0.05) is 0 Å².